The Morgan fingerprint density at radius 1 is 0.265 bits per heavy atom. The molecule has 0 N–H and O–H groups in total. The van der Waals surface area contributed by atoms with E-state index in [0.29, 0.717) is 0 Å². The van der Waals surface area contributed by atoms with Crippen LogP contribution >= 0.6 is 0 Å². The van der Waals surface area contributed by atoms with Gasteiger partial charge in [0.1, 0.15) is 11.2 Å². The molecule has 10 rings (SSSR count). The topological polar surface area (TPSA) is 13.1 Å². The van der Waals surface area contributed by atoms with Crippen LogP contribution in [0.4, 0.5) is 0 Å². The summed E-state index contributed by atoms with van der Waals surface area (Å²) in [6.07, 6.45) is 0. The molecular formula is C48H30O. The Bertz CT molecular complexity index is 2750. The fourth-order valence-electron chi connectivity index (χ4n) is 7.78. The Labute approximate surface area is 284 Å². The van der Waals surface area contributed by atoms with E-state index in [-0.39, 0.29) is 0 Å². The van der Waals surface area contributed by atoms with Gasteiger partial charge in [-0.1, -0.05) is 146 Å². The Morgan fingerprint density at radius 3 is 1.33 bits per heavy atom. The molecule has 10 aromatic rings. The van der Waals surface area contributed by atoms with Gasteiger partial charge in [0.2, 0.25) is 0 Å². The molecule has 0 aliphatic rings. The number of fused-ring (bicyclic) bond motifs is 7. The first-order valence-electron chi connectivity index (χ1n) is 16.8. The number of rotatable bonds is 4. The van der Waals surface area contributed by atoms with Crippen molar-refractivity contribution < 1.29 is 4.42 Å². The fraction of sp³-hybridized carbons (Fsp3) is 0. The standard InChI is InChI=1S/C48H30O/c1-3-13-31(14-4-1)35-27-36(32-15-5-2-6-16-32)29-37(28-35)47-42-21-11-9-19-40(42)46(41-20-10-12-22-43(41)47)34-24-25-39-44-26-23-33-17-7-8-18-38(33)48(44)49-45(39)30-34/h1-30H. The van der Waals surface area contributed by atoms with Crippen molar-refractivity contribution in [2.45, 2.75) is 0 Å². The second kappa shape index (κ2) is 11.1. The van der Waals surface area contributed by atoms with Crippen LogP contribution in [-0.2, 0) is 0 Å². The lowest BCUT2D eigenvalue weighted by Gasteiger charge is -2.19. The average molecular weight is 623 g/mol. The molecule has 1 aromatic heterocycles. The highest BCUT2D eigenvalue weighted by atomic mass is 16.3. The summed E-state index contributed by atoms with van der Waals surface area (Å²) in [5, 5.41) is 9.54. The smallest absolute Gasteiger partial charge is 0.143 e. The number of hydrogen-bond acceptors (Lipinski definition) is 1. The predicted molar refractivity (Wildman–Crippen MR) is 208 cm³/mol. The van der Waals surface area contributed by atoms with E-state index in [4.69, 9.17) is 4.42 Å². The molecule has 0 aliphatic carbocycles. The summed E-state index contributed by atoms with van der Waals surface area (Å²) in [4.78, 5) is 0. The molecule has 49 heavy (non-hydrogen) atoms. The van der Waals surface area contributed by atoms with Crippen LogP contribution in [0.5, 0.6) is 0 Å². The third-order valence-electron chi connectivity index (χ3n) is 10.0. The maximum absolute atomic E-state index is 6.66. The van der Waals surface area contributed by atoms with Crippen LogP contribution in [0.15, 0.2) is 186 Å². The number of benzene rings is 9. The first-order valence-corrected chi connectivity index (χ1v) is 16.8. The van der Waals surface area contributed by atoms with Crippen LogP contribution in [0.1, 0.15) is 0 Å². The minimum Gasteiger partial charge on any atom is -0.455 e. The Morgan fingerprint density at radius 2 is 0.735 bits per heavy atom. The monoisotopic (exact) mass is 622 g/mol. The molecule has 0 saturated carbocycles. The highest BCUT2D eigenvalue weighted by Crippen LogP contribution is 2.46. The zero-order chi connectivity index (χ0) is 32.3. The molecular weight excluding hydrogens is 593 g/mol. The van der Waals surface area contributed by atoms with E-state index < -0.39 is 0 Å². The van der Waals surface area contributed by atoms with Crippen LogP contribution in [0.2, 0.25) is 0 Å². The van der Waals surface area contributed by atoms with Crippen LogP contribution in [-0.4, -0.2) is 0 Å². The molecule has 228 valence electrons. The van der Waals surface area contributed by atoms with E-state index in [0.717, 1.165) is 32.9 Å². The van der Waals surface area contributed by atoms with Gasteiger partial charge < -0.3 is 4.42 Å². The SMILES string of the molecule is c1ccc(-c2cc(-c3ccccc3)cc(-c3c4ccccc4c(-c4ccc5c(c4)oc4c6ccccc6ccc54)c4ccccc34)c2)cc1. The molecule has 0 spiro atoms. The molecule has 0 saturated heterocycles. The molecule has 0 unspecified atom stereocenters. The second-order valence-corrected chi connectivity index (χ2v) is 12.8. The summed E-state index contributed by atoms with van der Waals surface area (Å²) in [7, 11) is 0. The normalized spacial score (nSPS) is 11.7. The number of hydrogen-bond donors (Lipinski definition) is 0. The van der Waals surface area contributed by atoms with E-state index in [1.165, 1.54) is 65.9 Å². The summed E-state index contributed by atoms with van der Waals surface area (Å²) in [5.74, 6) is 0. The van der Waals surface area contributed by atoms with E-state index in [1.54, 1.807) is 0 Å². The summed E-state index contributed by atoms with van der Waals surface area (Å²) in [6.45, 7) is 0. The van der Waals surface area contributed by atoms with Crippen molar-refractivity contribution in [2.75, 3.05) is 0 Å². The zero-order valence-corrected chi connectivity index (χ0v) is 26.7. The van der Waals surface area contributed by atoms with Crippen LogP contribution in [0, 0.1) is 0 Å². The van der Waals surface area contributed by atoms with Gasteiger partial charge in [0.05, 0.1) is 0 Å². The average Bonchev–Trinajstić information content (AvgIpc) is 3.56. The third kappa shape index (κ3) is 4.47. The van der Waals surface area contributed by atoms with E-state index >= 15 is 0 Å². The van der Waals surface area contributed by atoms with Gasteiger partial charge in [-0.3, -0.25) is 0 Å². The van der Waals surface area contributed by atoms with Gasteiger partial charge in [0, 0.05) is 16.2 Å². The van der Waals surface area contributed by atoms with Gasteiger partial charge in [-0.25, -0.2) is 0 Å². The van der Waals surface area contributed by atoms with Crippen molar-refractivity contribution in [3.63, 3.8) is 0 Å². The minimum absolute atomic E-state index is 0.907. The number of furan rings is 1. The third-order valence-corrected chi connectivity index (χ3v) is 10.0. The largest absolute Gasteiger partial charge is 0.455 e. The lowest BCUT2D eigenvalue weighted by atomic mass is 9.84. The van der Waals surface area contributed by atoms with Crippen LogP contribution in [0.3, 0.4) is 0 Å². The van der Waals surface area contributed by atoms with E-state index in [1.807, 2.05) is 0 Å². The van der Waals surface area contributed by atoms with E-state index in [2.05, 4.69) is 182 Å². The van der Waals surface area contributed by atoms with Crippen molar-refractivity contribution >= 4 is 54.3 Å². The zero-order valence-electron chi connectivity index (χ0n) is 26.7. The molecule has 0 radical (unpaired) electrons. The summed E-state index contributed by atoms with van der Waals surface area (Å²) < 4.78 is 6.66. The molecule has 0 fully saturated rings. The first kappa shape index (κ1) is 27.7. The molecule has 1 heteroatoms. The fourth-order valence-corrected chi connectivity index (χ4v) is 7.78. The van der Waals surface area contributed by atoms with Crippen molar-refractivity contribution in [3.8, 4) is 44.5 Å². The maximum Gasteiger partial charge on any atom is 0.143 e. The van der Waals surface area contributed by atoms with Gasteiger partial charge in [0.25, 0.3) is 0 Å². The lowest BCUT2D eigenvalue weighted by Crippen LogP contribution is -1.92. The van der Waals surface area contributed by atoms with Crippen molar-refractivity contribution in [2.24, 2.45) is 0 Å². The molecule has 9 aromatic carbocycles. The van der Waals surface area contributed by atoms with Crippen molar-refractivity contribution in [3.05, 3.63) is 182 Å². The highest BCUT2D eigenvalue weighted by Gasteiger charge is 2.19. The second-order valence-electron chi connectivity index (χ2n) is 12.8. The predicted octanol–water partition coefficient (Wildman–Crippen LogP) is 13.7. The van der Waals surface area contributed by atoms with Crippen molar-refractivity contribution in [1.82, 2.24) is 0 Å². The molecule has 1 heterocycles. The summed E-state index contributed by atoms with van der Waals surface area (Å²) in [6, 6.07) is 65.8. The van der Waals surface area contributed by atoms with Gasteiger partial charge in [-0.15, -0.1) is 0 Å². The Kier molecular flexibility index (Phi) is 6.25. The van der Waals surface area contributed by atoms with Gasteiger partial charge in [-0.2, -0.15) is 0 Å². The first-order chi connectivity index (χ1) is 24.3. The molecule has 0 bridgehead atoms. The minimum atomic E-state index is 0.907. The maximum atomic E-state index is 6.66. The van der Waals surface area contributed by atoms with Crippen LogP contribution < -0.4 is 0 Å². The summed E-state index contributed by atoms with van der Waals surface area (Å²) in [5.41, 5.74) is 11.5. The van der Waals surface area contributed by atoms with Gasteiger partial charge in [-0.05, 0) is 108 Å². The molecule has 0 atom stereocenters. The lowest BCUT2D eigenvalue weighted by molar-refractivity contribution is 0.673. The Hall–Kier alpha value is -6.44. The Balaban J connectivity index is 1.25. The molecule has 0 amide bonds. The molecule has 1 nitrogen and oxygen atoms in total. The van der Waals surface area contributed by atoms with E-state index in [9.17, 15) is 0 Å². The van der Waals surface area contributed by atoms with Crippen LogP contribution in [0.25, 0.3) is 98.8 Å². The highest BCUT2D eigenvalue weighted by molar-refractivity contribution is 6.22. The molecule has 0 aliphatic heterocycles. The van der Waals surface area contributed by atoms with Gasteiger partial charge >= 0.3 is 0 Å². The van der Waals surface area contributed by atoms with Crippen molar-refractivity contribution in [1.29, 1.82) is 0 Å². The van der Waals surface area contributed by atoms with Gasteiger partial charge in [0.15, 0.2) is 0 Å². The quantitative estimate of drug-likeness (QED) is 0.178. The summed E-state index contributed by atoms with van der Waals surface area (Å²) >= 11 is 0.